The number of ether oxygens (including phenoxy) is 3. The lowest BCUT2D eigenvalue weighted by molar-refractivity contribution is -0.123. The Kier molecular flexibility index (Phi) is 8.80. The van der Waals surface area contributed by atoms with Crippen molar-refractivity contribution in [3.8, 4) is 17.2 Å². The van der Waals surface area contributed by atoms with Crippen LogP contribution in [0.3, 0.4) is 0 Å². The highest BCUT2D eigenvalue weighted by Gasteiger charge is 2.35. The molecule has 186 valence electrons. The molecule has 0 radical (unpaired) electrons. The highest BCUT2D eigenvalue weighted by Crippen LogP contribution is 2.39. The summed E-state index contributed by atoms with van der Waals surface area (Å²) in [5.41, 5.74) is 1.42. The molecule has 0 aliphatic carbocycles. The molecule has 1 heterocycles. The largest absolute Gasteiger partial charge is 0.492 e. The number of nitrogens with zero attached hydrogens (tertiary/aromatic N) is 1. The predicted octanol–water partition coefficient (Wildman–Crippen LogP) is 7.09. The minimum atomic E-state index is -0.380. The molecule has 1 aliphatic rings. The van der Waals surface area contributed by atoms with E-state index in [1.54, 1.807) is 24.3 Å². The third-order valence-electron chi connectivity index (χ3n) is 5.16. The second-order valence-electron chi connectivity index (χ2n) is 7.64. The summed E-state index contributed by atoms with van der Waals surface area (Å²) >= 11 is 13.6. The van der Waals surface area contributed by atoms with E-state index < -0.39 is 0 Å². The molecule has 0 N–H and O–H groups in total. The fourth-order valence-electron chi connectivity index (χ4n) is 3.46. The third-order valence-corrected chi connectivity index (χ3v) is 6.72. The average Bonchev–Trinajstić information content (AvgIpc) is 3.12. The first-order chi connectivity index (χ1) is 17.5. The molecule has 36 heavy (non-hydrogen) atoms. The average molecular weight is 544 g/mol. The molecular formula is C27H23Cl2NO5S. The van der Waals surface area contributed by atoms with E-state index in [0.717, 1.165) is 17.3 Å². The van der Waals surface area contributed by atoms with Crippen molar-refractivity contribution in [1.29, 1.82) is 0 Å². The van der Waals surface area contributed by atoms with E-state index >= 15 is 0 Å². The molecule has 0 unspecified atom stereocenters. The Hall–Kier alpha value is -3.13. The molecule has 2 amide bonds. The summed E-state index contributed by atoms with van der Waals surface area (Å²) in [5, 5.41) is 0.557. The van der Waals surface area contributed by atoms with E-state index in [-0.39, 0.29) is 30.9 Å². The van der Waals surface area contributed by atoms with E-state index in [2.05, 4.69) is 0 Å². The lowest BCUT2D eigenvalue weighted by Crippen LogP contribution is -2.32. The summed E-state index contributed by atoms with van der Waals surface area (Å²) in [4.78, 5) is 26.8. The first-order valence-corrected chi connectivity index (χ1v) is 12.8. The smallest absolute Gasteiger partial charge is 0.293 e. The first-order valence-electron chi connectivity index (χ1n) is 11.2. The zero-order valence-electron chi connectivity index (χ0n) is 19.4. The number of benzene rings is 3. The van der Waals surface area contributed by atoms with Crippen molar-refractivity contribution in [2.24, 2.45) is 0 Å². The van der Waals surface area contributed by atoms with Gasteiger partial charge in [-0.15, -0.1) is 0 Å². The van der Waals surface area contributed by atoms with Gasteiger partial charge in [-0.1, -0.05) is 59.6 Å². The molecule has 1 aliphatic heterocycles. The standard InChI is InChI=1S/C27H23Cl2NO5S/c1-2-33-23-15-18(14-22(29)25(23)35-17-19-8-6-7-11-21(19)28)16-24-26(31)30(27(32)36-24)12-13-34-20-9-4-3-5-10-20/h3-11,14-16H,2,12-13,17H2,1H3/b24-16-. The molecule has 4 rings (SSSR count). The van der Waals surface area contributed by atoms with Crippen LogP contribution in [0.2, 0.25) is 10.0 Å². The van der Waals surface area contributed by atoms with Crippen LogP contribution in [0.4, 0.5) is 4.79 Å². The number of hydrogen-bond acceptors (Lipinski definition) is 6. The lowest BCUT2D eigenvalue weighted by Gasteiger charge is -2.15. The number of amides is 2. The van der Waals surface area contributed by atoms with Crippen LogP contribution in [-0.2, 0) is 11.4 Å². The van der Waals surface area contributed by atoms with Gasteiger partial charge in [0.15, 0.2) is 11.5 Å². The molecule has 0 spiro atoms. The summed E-state index contributed by atoms with van der Waals surface area (Å²) in [6.45, 7) is 2.80. The number of carbonyl (C=O) groups excluding carboxylic acids is 2. The Morgan fingerprint density at radius 1 is 0.917 bits per heavy atom. The molecular weight excluding hydrogens is 521 g/mol. The molecule has 6 nitrogen and oxygen atoms in total. The van der Waals surface area contributed by atoms with Crippen LogP contribution >= 0.6 is 35.0 Å². The van der Waals surface area contributed by atoms with Crippen LogP contribution in [0.1, 0.15) is 18.1 Å². The van der Waals surface area contributed by atoms with Gasteiger partial charge >= 0.3 is 0 Å². The second-order valence-corrected chi connectivity index (χ2v) is 9.45. The lowest BCUT2D eigenvalue weighted by atomic mass is 10.1. The molecule has 3 aromatic rings. The van der Waals surface area contributed by atoms with Crippen molar-refractivity contribution in [1.82, 2.24) is 4.90 Å². The Balaban J connectivity index is 1.47. The topological polar surface area (TPSA) is 65.1 Å². The highest BCUT2D eigenvalue weighted by molar-refractivity contribution is 8.18. The van der Waals surface area contributed by atoms with Gasteiger partial charge in [-0.3, -0.25) is 14.5 Å². The SMILES string of the molecule is CCOc1cc(/C=C2\SC(=O)N(CCOc3ccccc3)C2=O)cc(Cl)c1OCc1ccccc1Cl. The van der Waals surface area contributed by atoms with Gasteiger partial charge in [0.1, 0.15) is 19.0 Å². The number of imide groups is 1. The van der Waals surface area contributed by atoms with Crippen LogP contribution < -0.4 is 14.2 Å². The van der Waals surface area contributed by atoms with Crippen molar-refractivity contribution < 1.29 is 23.8 Å². The van der Waals surface area contributed by atoms with Crippen LogP contribution in [0, 0.1) is 0 Å². The van der Waals surface area contributed by atoms with E-state index in [4.69, 9.17) is 37.4 Å². The van der Waals surface area contributed by atoms with Crippen LogP contribution in [0.15, 0.2) is 71.6 Å². The predicted molar refractivity (Wildman–Crippen MR) is 143 cm³/mol. The molecule has 1 saturated heterocycles. The maximum atomic E-state index is 12.9. The van der Waals surface area contributed by atoms with Gasteiger partial charge in [-0.25, -0.2) is 0 Å². The normalized spacial score (nSPS) is 14.4. The van der Waals surface area contributed by atoms with Gasteiger partial charge in [0.05, 0.1) is 23.1 Å². The molecule has 9 heteroatoms. The second kappa shape index (κ2) is 12.2. The number of carbonyl (C=O) groups is 2. The number of halogens is 2. The summed E-state index contributed by atoms with van der Waals surface area (Å²) < 4.78 is 17.3. The van der Waals surface area contributed by atoms with Crippen molar-refractivity contribution in [2.75, 3.05) is 19.8 Å². The van der Waals surface area contributed by atoms with Gasteiger partial charge in [0, 0.05) is 10.6 Å². The summed E-state index contributed by atoms with van der Waals surface area (Å²) in [6, 6.07) is 20.0. The first kappa shape index (κ1) is 25.9. The zero-order chi connectivity index (χ0) is 25.5. The fraction of sp³-hybridized carbons (Fsp3) is 0.185. The molecule has 3 aromatic carbocycles. The summed E-state index contributed by atoms with van der Waals surface area (Å²) in [7, 11) is 0. The highest BCUT2D eigenvalue weighted by atomic mass is 35.5. The molecule has 0 saturated carbocycles. The molecule has 0 bridgehead atoms. The van der Waals surface area contributed by atoms with Gasteiger partial charge in [0.25, 0.3) is 11.1 Å². The van der Waals surface area contributed by atoms with E-state index in [0.29, 0.717) is 44.4 Å². The fourth-order valence-corrected chi connectivity index (χ4v) is 4.78. The van der Waals surface area contributed by atoms with Gasteiger partial charge in [-0.05, 0) is 60.7 Å². The quantitative estimate of drug-likeness (QED) is 0.254. The minimum Gasteiger partial charge on any atom is -0.492 e. The van der Waals surface area contributed by atoms with E-state index in [1.165, 1.54) is 4.90 Å². The van der Waals surface area contributed by atoms with Gasteiger partial charge in [0.2, 0.25) is 0 Å². The number of para-hydroxylation sites is 1. The van der Waals surface area contributed by atoms with Gasteiger partial charge in [-0.2, -0.15) is 0 Å². The number of rotatable bonds is 10. The Labute approximate surface area is 223 Å². The monoisotopic (exact) mass is 543 g/mol. The number of hydrogen-bond donors (Lipinski definition) is 0. The van der Waals surface area contributed by atoms with Gasteiger partial charge < -0.3 is 14.2 Å². The Morgan fingerprint density at radius 2 is 1.67 bits per heavy atom. The Bertz CT molecular complexity index is 1280. The zero-order valence-corrected chi connectivity index (χ0v) is 21.7. The van der Waals surface area contributed by atoms with Crippen molar-refractivity contribution in [2.45, 2.75) is 13.5 Å². The minimum absolute atomic E-state index is 0.149. The summed E-state index contributed by atoms with van der Waals surface area (Å²) in [6.07, 6.45) is 1.62. The van der Waals surface area contributed by atoms with Crippen LogP contribution in [-0.4, -0.2) is 35.8 Å². The van der Waals surface area contributed by atoms with Crippen molar-refractivity contribution in [3.05, 3.63) is 92.8 Å². The summed E-state index contributed by atoms with van der Waals surface area (Å²) in [5.74, 6) is 1.10. The molecule has 0 aromatic heterocycles. The maximum absolute atomic E-state index is 12.9. The Morgan fingerprint density at radius 3 is 2.42 bits per heavy atom. The van der Waals surface area contributed by atoms with E-state index in [1.807, 2.05) is 55.5 Å². The third kappa shape index (κ3) is 6.35. The maximum Gasteiger partial charge on any atom is 0.293 e. The van der Waals surface area contributed by atoms with Crippen molar-refractivity contribution >= 4 is 52.2 Å². The molecule has 1 fully saturated rings. The van der Waals surface area contributed by atoms with Crippen LogP contribution in [0.5, 0.6) is 17.2 Å². The van der Waals surface area contributed by atoms with Crippen LogP contribution in [0.25, 0.3) is 6.08 Å². The van der Waals surface area contributed by atoms with Crippen molar-refractivity contribution in [3.63, 3.8) is 0 Å². The number of thioether (sulfide) groups is 1. The molecule has 0 atom stereocenters. The van der Waals surface area contributed by atoms with E-state index in [9.17, 15) is 9.59 Å².